The van der Waals surface area contributed by atoms with Gasteiger partial charge < -0.3 is 9.47 Å². The number of hydrogen-bond acceptors (Lipinski definition) is 3. The molecule has 0 bridgehead atoms. The first-order valence-electron chi connectivity index (χ1n) is 19.1. The predicted molar refractivity (Wildman–Crippen MR) is 185 cm³/mol. The lowest BCUT2D eigenvalue weighted by molar-refractivity contribution is 0.0529. The standard InChI is InChI=1S/C39H76O3/c1-4-5-6-7-8-9-10-11-12-15-18-21-24-27-30-33-36-41-39(40)42-37-34-31-28-25-22-19-16-13-14-17-20-23-26-29-32-35-38(2)3/h11-12,38H,4-10,13-37H2,1-3H3. The number of rotatable bonds is 34. The van der Waals surface area contributed by atoms with Crippen LogP contribution in [0.2, 0.25) is 0 Å². The molecule has 0 atom stereocenters. The second kappa shape index (κ2) is 36.2. The molecule has 0 heterocycles. The highest BCUT2D eigenvalue weighted by Gasteiger charge is 2.03. The third-order valence-corrected chi connectivity index (χ3v) is 8.52. The normalized spacial score (nSPS) is 11.6. The highest BCUT2D eigenvalue weighted by atomic mass is 16.7. The van der Waals surface area contributed by atoms with Crippen LogP contribution >= 0.6 is 0 Å². The van der Waals surface area contributed by atoms with E-state index in [1.54, 1.807) is 0 Å². The minimum absolute atomic E-state index is 0.478. The van der Waals surface area contributed by atoms with E-state index in [9.17, 15) is 4.79 Å². The quantitative estimate of drug-likeness (QED) is 0.0423. The molecular formula is C39H76O3. The van der Waals surface area contributed by atoms with Gasteiger partial charge in [-0.2, -0.15) is 0 Å². The summed E-state index contributed by atoms with van der Waals surface area (Å²) >= 11 is 0. The van der Waals surface area contributed by atoms with Crippen molar-refractivity contribution in [3.05, 3.63) is 12.2 Å². The molecule has 0 aromatic rings. The van der Waals surface area contributed by atoms with Crippen LogP contribution in [0.1, 0.15) is 213 Å². The lowest BCUT2D eigenvalue weighted by Gasteiger charge is -2.07. The largest absolute Gasteiger partial charge is 0.508 e. The Kier molecular flexibility index (Phi) is 35.3. The molecule has 0 aliphatic heterocycles. The van der Waals surface area contributed by atoms with Gasteiger partial charge in [-0.1, -0.05) is 187 Å². The molecule has 0 amide bonds. The summed E-state index contributed by atoms with van der Waals surface area (Å²) in [5.41, 5.74) is 0. The van der Waals surface area contributed by atoms with E-state index < -0.39 is 6.16 Å². The average molecular weight is 593 g/mol. The molecule has 0 radical (unpaired) electrons. The molecule has 0 unspecified atom stereocenters. The molecule has 0 spiro atoms. The number of hydrogen-bond donors (Lipinski definition) is 0. The Bertz CT molecular complexity index is 542. The van der Waals surface area contributed by atoms with Crippen LogP contribution in [0.15, 0.2) is 12.2 Å². The second-order valence-corrected chi connectivity index (χ2v) is 13.4. The van der Waals surface area contributed by atoms with Crippen LogP contribution in [-0.2, 0) is 9.47 Å². The zero-order valence-corrected chi connectivity index (χ0v) is 29.1. The van der Waals surface area contributed by atoms with Crippen LogP contribution in [-0.4, -0.2) is 19.4 Å². The molecule has 0 fully saturated rings. The monoisotopic (exact) mass is 593 g/mol. The first kappa shape index (κ1) is 41.0. The van der Waals surface area contributed by atoms with Crippen molar-refractivity contribution < 1.29 is 14.3 Å². The number of carbonyl (C=O) groups is 1. The molecule has 0 saturated carbocycles. The van der Waals surface area contributed by atoms with Crippen molar-refractivity contribution in [2.75, 3.05) is 13.2 Å². The summed E-state index contributed by atoms with van der Waals surface area (Å²) < 4.78 is 10.5. The number of unbranched alkanes of at least 4 members (excludes halogenated alkanes) is 26. The smallest absolute Gasteiger partial charge is 0.434 e. The van der Waals surface area contributed by atoms with Crippen molar-refractivity contribution >= 4 is 6.16 Å². The van der Waals surface area contributed by atoms with E-state index in [1.807, 2.05) is 0 Å². The molecule has 42 heavy (non-hydrogen) atoms. The molecule has 0 rings (SSSR count). The Hall–Kier alpha value is -0.990. The van der Waals surface area contributed by atoms with Crippen LogP contribution in [0.3, 0.4) is 0 Å². The van der Waals surface area contributed by atoms with E-state index in [-0.39, 0.29) is 0 Å². The summed E-state index contributed by atoms with van der Waals surface area (Å²) in [4.78, 5) is 11.7. The molecular weight excluding hydrogens is 516 g/mol. The number of carbonyl (C=O) groups excluding carboxylic acids is 1. The molecule has 0 N–H and O–H groups in total. The van der Waals surface area contributed by atoms with E-state index in [2.05, 4.69) is 32.9 Å². The molecule has 3 heteroatoms. The third-order valence-electron chi connectivity index (χ3n) is 8.52. The van der Waals surface area contributed by atoms with Gasteiger partial charge in [-0.25, -0.2) is 4.79 Å². The zero-order valence-electron chi connectivity index (χ0n) is 29.1. The Morgan fingerprint density at radius 3 is 1.12 bits per heavy atom. The fraction of sp³-hybridized carbons (Fsp3) is 0.923. The van der Waals surface area contributed by atoms with Crippen molar-refractivity contribution in [1.82, 2.24) is 0 Å². The van der Waals surface area contributed by atoms with Gasteiger partial charge in [0.1, 0.15) is 0 Å². The molecule has 0 aliphatic rings. The highest BCUT2D eigenvalue weighted by molar-refractivity contribution is 5.59. The van der Waals surface area contributed by atoms with Crippen LogP contribution in [0.25, 0.3) is 0 Å². The average Bonchev–Trinajstić information content (AvgIpc) is 2.98. The van der Waals surface area contributed by atoms with Gasteiger partial charge in [-0.3, -0.25) is 0 Å². The topological polar surface area (TPSA) is 35.5 Å². The minimum Gasteiger partial charge on any atom is -0.434 e. The Labute approximate surface area is 264 Å². The first-order valence-corrected chi connectivity index (χ1v) is 19.1. The van der Waals surface area contributed by atoms with Gasteiger partial charge in [0.05, 0.1) is 13.2 Å². The molecule has 0 aromatic heterocycles. The van der Waals surface area contributed by atoms with E-state index >= 15 is 0 Å². The molecule has 250 valence electrons. The Morgan fingerprint density at radius 2 is 0.762 bits per heavy atom. The van der Waals surface area contributed by atoms with Crippen molar-refractivity contribution in [2.45, 2.75) is 213 Å². The second-order valence-electron chi connectivity index (χ2n) is 13.4. The van der Waals surface area contributed by atoms with Crippen LogP contribution < -0.4 is 0 Å². The summed E-state index contributed by atoms with van der Waals surface area (Å²) in [6, 6.07) is 0. The first-order chi connectivity index (χ1) is 20.7. The van der Waals surface area contributed by atoms with Gasteiger partial charge in [-0.05, 0) is 44.4 Å². The lowest BCUT2D eigenvalue weighted by atomic mass is 10.0. The summed E-state index contributed by atoms with van der Waals surface area (Å²) in [6.07, 6.45) is 44.0. The van der Waals surface area contributed by atoms with Gasteiger partial charge >= 0.3 is 6.16 Å². The number of allylic oxidation sites excluding steroid dienone is 2. The van der Waals surface area contributed by atoms with Gasteiger partial charge in [-0.15, -0.1) is 0 Å². The Morgan fingerprint density at radius 1 is 0.452 bits per heavy atom. The van der Waals surface area contributed by atoms with E-state index in [4.69, 9.17) is 9.47 Å². The summed E-state index contributed by atoms with van der Waals surface area (Å²) in [6.45, 7) is 7.94. The molecule has 0 aromatic carbocycles. The lowest BCUT2D eigenvalue weighted by Crippen LogP contribution is -2.09. The van der Waals surface area contributed by atoms with Crippen LogP contribution in [0, 0.1) is 5.92 Å². The fourth-order valence-corrected chi connectivity index (χ4v) is 5.65. The highest BCUT2D eigenvalue weighted by Crippen LogP contribution is 2.15. The maximum atomic E-state index is 11.7. The van der Waals surface area contributed by atoms with Crippen LogP contribution in [0.5, 0.6) is 0 Å². The van der Waals surface area contributed by atoms with Crippen molar-refractivity contribution in [2.24, 2.45) is 5.92 Å². The number of ether oxygens (including phenoxy) is 2. The summed E-state index contributed by atoms with van der Waals surface area (Å²) in [5, 5.41) is 0. The van der Waals surface area contributed by atoms with Gasteiger partial charge in [0, 0.05) is 0 Å². The predicted octanol–water partition coefficient (Wildman–Crippen LogP) is 14.1. The van der Waals surface area contributed by atoms with Crippen molar-refractivity contribution in [1.29, 1.82) is 0 Å². The fourth-order valence-electron chi connectivity index (χ4n) is 5.65. The van der Waals surface area contributed by atoms with E-state index in [0.717, 1.165) is 31.6 Å². The van der Waals surface area contributed by atoms with E-state index in [1.165, 1.54) is 167 Å². The molecule has 3 nitrogen and oxygen atoms in total. The zero-order chi connectivity index (χ0) is 30.6. The van der Waals surface area contributed by atoms with Gasteiger partial charge in [0.25, 0.3) is 0 Å². The van der Waals surface area contributed by atoms with Crippen molar-refractivity contribution in [3.63, 3.8) is 0 Å². The van der Waals surface area contributed by atoms with Crippen molar-refractivity contribution in [3.8, 4) is 0 Å². The van der Waals surface area contributed by atoms with Crippen LogP contribution in [0.4, 0.5) is 4.79 Å². The SMILES string of the molecule is CCCCCCCCC=CCCCCCCCCOC(=O)OCCCCCCCCCCCCCCCCCC(C)C. The summed E-state index contributed by atoms with van der Waals surface area (Å²) in [5.74, 6) is 0.872. The molecule has 0 saturated heterocycles. The molecule has 0 aliphatic carbocycles. The summed E-state index contributed by atoms with van der Waals surface area (Å²) in [7, 11) is 0. The maximum absolute atomic E-state index is 11.7. The maximum Gasteiger partial charge on any atom is 0.508 e. The van der Waals surface area contributed by atoms with Gasteiger partial charge in [0.2, 0.25) is 0 Å². The minimum atomic E-state index is -0.478. The Balaban J connectivity index is 3.18. The third kappa shape index (κ3) is 37.0. The van der Waals surface area contributed by atoms with E-state index in [0.29, 0.717) is 13.2 Å². The van der Waals surface area contributed by atoms with Gasteiger partial charge in [0.15, 0.2) is 0 Å².